The summed E-state index contributed by atoms with van der Waals surface area (Å²) in [6, 6.07) is 10.6. The predicted octanol–water partition coefficient (Wildman–Crippen LogP) is 5.65. The Morgan fingerprint density at radius 3 is 2.11 bits per heavy atom. The minimum atomic E-state index is 0.283. The van der Waals surface area contributed by atoms with Crippen molar-refractivity contribution in [2.75, 3.05) is 0 Å². The molecule has 18 heavy (non-hydrogen) atoms. The van der Waals surface area contributed by atoms with Gasteiger partial charge in [0.2, 0.25) is 0 Å². The third-order valence-electron chi connectivity index (χ3n) is 2.06. The molecule has 2 heteroatoms. The van der Waals surface area contributed by atoms with Crippen LogP contribution >= 0.6 is 12.2 Å². The summed E-state index contributed by atoms with van der Waals surface area (Å²) >= 11 is 4.74. The van der Waals surface area contributed by atoms with Crippen LogP contribution < -0.4 is 0 Å². The van der Waals surface area contributed by atoms with Crippen LogP contribution in [0.15, 0.2) is 35.3 Å². The van der Waals surface area contributed by atoms with E-state index in [1.165, 1.54) is 5.56 Å². The number of hydrogen-bond donors (Lipinski definition) is 0. The second-order valence-corrected chi connectivity index (χ2v) is 3.40. The molecule has 102 valence electrons. The lowest BCUT2D eigenvalue weighted by atomic mass is 10.1. The lowest BCUT2D eigenvalue weighted by Gasteiger charge is -2.09. The van der Waals surface area contributed by atoms with E-state index >= 15 is 0 Å². The number of benzene rings is 1. The quantitative estimate of drug-likeness (QED) is 0.495. The van der Waals surface area contributed by atoms with Gasteiger partial charge in [-0.05, 0) is 17.4 Å². The topological polar surface area (TPSA) is 12.4 Å². The average Bonchev–Trinajstić information content (AvgIpc) is 2.49. The SMILES string of the molecule is CC.CC.CCC(N=CCC=S)c1ccccc1. The molecule has 1 nitrogen and oxygen atoms in total. The zero-order chi connectivity index (χ0) is 14.2. The molecule has 0 saturated heterocycles. The van der Waals surface area contributed by atoms with E-state index in [-0.39, 0.29) is 6.04 Å². The molecule has 0 amide bonds. The lowest BCUT2D eigenvalue weighted by Crippen LogP contribution is -1.93. The molecule has 0 aliphatic heterocycles. The molecule has 0 aliphatic rings. The zero-order valence-electron chi connectivity index (χ0n) is 12.4. The Morgan fingerprint density at radius 2 is 1.67 bits per heavy atom. The average molecular weight is 265 g/mol. The molecule has 0 N–H and O–H groups in total. The molecule has 0 bridgehead atoms. The highest BCUT2D eigenvalue weighted by molar-refractivity contribution is 7.79. The molecule has 1 aromatic carbocycles. The minimum absolute atomic E-state index is 0.283. The Morgan fingerprint density at radius 1 is 1.11 bits per heavy atom. The summed E-state index contributed by atoms with van der Waals surface area (Å²) in [6.07, 6.45) is 3.70. The van der Waals surface area contributed by atoms with E-state index in [1.54, 1.807) is 5.37 Å². The lowest BCUT2D eigenvalue weighted by molar-refractivity contribution is 0.703. The molecule has 1 rings (SSSR count). The Labute approximate surface area is 118 Å². The van der Waals surface area contributed by atoms with E-state index in [0.717, 1.165) is 12.8 Å². The molecule has 1 unspecified atom stereocenters. The molecule has 1 atom stereocenters. The summed E-state index contributed by atoms with van der Waals surface area (Å²) in [7, 11) is 0. The first-order valence-corrected chi connectivity index (χ1v) is 7.35. The summed E-state index contributed by atoms with van der Waals surface area (Å²) in [6.45, 7) is 10.1. The van der Waals surface area contributed by atoms with Gasteiger partial charge < -0.3 is 0 Å². The molecule has 0 saturated carbocycles. The molecule has 0 fully saturated rings. The van der Waals surface area contributed by atoms with E-state index in [0.29, 0.717) is 0 Å². The van der Waals surface area contributed by atoms with Crippen molar-refractivity contribution in [1.82, 2.24) is 0 Å². The normalized spacial score (nSPS) is 10.7. The van der Waals surface area contributed by atoms with Gasteiger partial charge in [0.15, 0.2) is 0 Å². The maximum atomic E-state index is 4.74. The van der Waals surface area contributed by atoms with Crippen LogP contribution in [0.5, 0.6) is 0 Å². The first-order valence-electron chi connectivity index (χ1n) is 6.88. The van der Waals surface area contributed by atoms with Gasteiger partial charge in [0.05, 0.1) is 6.04 Å². The molecule has 0 heterocycles. The Bertz CT molecular complexity index is 293. The fourth-order valence-electron chi connectivity index (χ4n) is 1.33. The van der Waals surface area contributed by atoms with Gasteiger partial charge in [0.1, 0.15) is 0 Å². The van der Waals surface area contributed by atoms with Crippen molar-refractivity contribution < 1.29 is 0 Å². The van der Waals surface area contributed by atoms with Crippen molar-refractivity contribution in [1.29, 1.82) is 0 Å². The fraction of sp³-hybridized carbons (Fsp3) is 0.500. The van der Waals surface area contributed by atoms with E-state index < -0.39 is 0 Å². The van der Waals surface area contributed by atoms with Crippen molar-refractivity contribution in [3.8, 4) is 0 Å². The van der Waals surface area contributed by atoms with Crippen molar-refractivity contribution in [2.24, 2.45) is 4.99 Å². The van der Waals surface area contributed by atoms with Crippen molar-refractivity contribution in [3.63, 3.8) is 0 Å². The molecule has 1 aromatic rings. The predicted molar refractivity (Wildman–Crippen MR) is 88.9 cm³/mol. The zero-order valence-corrected chi connectivity index (χ0v) is 13.2. The van der Waals surface area contributed by atoms with Gasteiger partial charge in [-0.2, -0.15) is 0 Å². The van der Waals surface area contributed by atoms with Gasteiger partial charge >= 0.3 is 0 Å². The Hall–Kier alpha value is -1.02. The third-order valence-corrected chi connectivity index (χ3v) is 2.25. The summed E-state index contributed by atoms with van der Waals surface area (Å²) in [5, 5.41) is 1.70. The summed E-state index contributed by atoms with van der Waals surface area (Å²) in [5.74, 6) is 0. The van der Waals surface area contributed by atoms with Gasteiger partial charge in [-0.15, -0.1) is 0 Å². The highest BCUT2D eigenvalue weighted by Crippen LogP contribution is 2.19. The number of hydrogen-bond acceptors (Lipinski definition) is 2. The van der Waals surface area contributed by atoms with Crippen LogP contribution in [0.1, 0.15) is 59.1 Å². The largest absolute Gasteiger partial charge is 0.289 e. The molecular formula is C16H27NS. The maximum absolute atomic E-state index is 4.74. The molecule has 0 aromatic heterocycles. The highest BCUT2D eigenvalue weighted by atomic mass is 32.1. The summed E-state index contributed by atoms with van der Waals surface area (Å²) in [4.78, 5) is 4.48. The van der Waals surface area contributed by atoms with E-state index in [9.17, 15) is 0 Å². The molecule has 0 radical (unpaired) electrons. The number of thiocarbonyl (C=S) groups is 1. The van der Waals surface area contributed by atoms with E-state index in [2.05, 4.69) is 24.0 Å². The minimum Gasteiger partial charge on any atom is -0.289 e. The molecule has 0 aliphatic carbocycles. The van der Waals surface area contributed by atoms with E-state index in [1.807, 2.05) is 52.1 Å². The molecular weight excluding hydrogens is 238 g/mol. The van der Waals surface area contributed by atoms with Crippen molar-refractivity contribution in [3.05, 3.63) is 35.9 Å². The fourth-order valence-corrected chi connectivity index (χ4v) is 1.42. The number of rotatable bonds is 5. The van der Waals surface area contributed by atoms with Crippen LogP contribution in [0.3, 0.4) is 0 Å². The number of aliphatic imine (C=N–C) groups is 1. The highest BCUT2D eigenvalue weighted by Gasteiger charge is 2.04. The second-order valence-electron chi connectivity index (χ2n) is 3.07. The summed E-state index contributed by atoms with van der Waals surface area (Å²) < 4.78 is 0. The van der Waals surface area contributed by atoms with Crippen LogP contribution in [0.4, 0.5) is 0 Å². The van der Waals surface area contributed by atoms with Crippen LogP contribution in [-0.2, 0) is 0 Å². The smallest absolute Gasteiger partial charge is 0.0742 e. The Balaban J connectivity index is 0. The van der Waals surface area contributed by atoms with Crippen LogP contribution in [0.2, 0.25) is 0 Å². The Kier molecular flexibility index (Phi) is 17.2. The van der Waals surface area contributed by atoms with E-state index in [4.69, 9.17) is 12.2 Å². The van der Waals surface area contributed by atoms with Crippen LogP contribution in [-0.4, -0.2) is 11.6 Å². The van der Waals surface area contributed by atoms with Crippen molar-refractivity contribution >= 4 is 23.8 Å². The van der Waals surface area contributed by atoms with Gasteiger partial charge in [0, 0.05) is 12.6 Å². The van der Waals surface area contributed by atoms with Gasteiger partial charge in [0.25, 0.3) is 0 Å². The third kappa shape index (κ3) is 9.06. The molecule has 0 spiro atoms. The number of nitrogens with zero attached hydrogens (tertiary/aromatic N) is 1. The maximum Gasteiger partial charge on any atom is 0.0742 e. The first kappa shape index (κ1) is 19.3. The van der Waals surface area contributed by atoms with Gasteiger partial charge in [-0.25, -0.2) is 0 Å². The van der Waals surface area contributed by atoms with Gasteiger partial charge in [-0.3, -0.25) is 4.99 Å². The first-order chi connectivity index (χ1) is 8.88. The standard InChI is InChI=1S/C12H15NS.2C2H6/c1-2-12(13-9-6-10-14)11-7-4-3-5-8-11;2*1-2/h3-5,7-10,12H,2,6H2,1H3;2*1-2H3. The van der Waals surface area contributed by atoms with Crippen LogP contribution in [0.25, 0.3) is 0 Å². The van der Waals surface area contributed by atoms with Crippen molar-refractivity contribution in [2.45, 2.75) is 53.5 Å². The van der Waals surface area contributed by atoms with Crippen LogP contribution in [0, 0.1) is 0 Å². The second kappa shape index (κ2) is 16.0. The monoisotopic (exact) mass is 265 g/mol. The summed E-state index contributed by atoms with van der Waals surface area (Å²) in [5.41, 5.74) is 1.27. The van der Waals surface area contributed by atoms with Gasteiger partial charge in [-0.1, -0.05) is 77.2 Å².